The molecule has 0 aliphatic heterocycles. The van der Waals surface area contributed by atoms with Crippen LogP contribution in [-0.4, -0.2) is 91.3 Å². The summed E-state index contributed by atoms with van der Waals surface area (Å²) in [5.74, 6) is -2.92. The van der Waals surface area contributed by atoms with E-state index < -0.39 is 55.5 Å². The van der Waals surface area contributed by atoms with E-state index in [0.29, 0.717) is 0 Å². The molecule has 112 valence electrons. The molecule has 0 saturated carbocycles. The van der Waals surface area contributed by atoms with Crippen LogP contribution in [0, 0.1) is 0 Å². The monoisotopic (exact) mass is 283 g/mol. The van der Waals surface area contributed by atoms with Crippen LogP contribution in [0.5, 0.6) is 0 Å². The van der Waals surface area contributed by atoms with E-state index in [2.05, 4.69) is 0 Å². The summed E-state index contributed by atoms with van der Waals surface area (Å²) < 4.78 is 0. The van der Waals surface area contributed by atoms with Gasteiger partial charge in [0.05, 0.1) is 13.2 Å². The molecule has 10 heteroatoms. The van der Waals surface area contributed by atoms with Gasteiger partial charge in [0.2, 0.25) is 0 Å². The van der Waals surface area contributed by atoms with Gasteiger partial charge in [-0.3, -0.25) is 4.79 Å². The number of nitrogens with one attached hydrogen (secondary N) is 1. The number of rotatable bonds is 8. The van der Waals surface area contributed by atoms with Gasteiger partial charge in [0.15, 0.2) is 6.10 Å². The molecular weight excluding hydrogens is 266 g/mol. The van der Waals surface area contributed by atoms with Gasteiger partial charge in [0.25, 0.3) is 5.91 Å². The molecule has 19 heavy (non-hydrogen) atoms. The molecule has 1 amide bonds. The van der Waals surface area contributed by atoms with Gasteiger partial charge in [-0.25, -0.2) is 4.79 Å². The number of carboxylic acids is 1. The lowest BCUT2D eigenvalue weighted by atomic mass is 10.0. The first kappa shape index (κ1) is 17.7. The third kappa shape index (κ3) is 5.06. The standard InChI is InChI=1S/C9H17NO9/c11-1-3(9(18)19)10-8(17)7(16)6(15)5(14)4(13)2-12/h3-7,11-16H,1-2H2,(H,10,17)(H,18,19)/t3?,4-,5-,6+,7-/m0/s1. The van der Waals surface area contributed by atoms with E-state index in [-0.39, 0.29) is 0 Å². The summed E-state index contributed by atoms with van der Waals surface area (Å²) in [6.07, 6.45) is -8.19. The predicted octanol–water partition coefficient (Wildman–Crippen LogP) is -5.02. The van der Waals surface area contributed by atoms with Crippen LogP contribution in [0.15, 0.2) is 0 Å². The van der Waals surface area contributed by atoms with Crippen LogP contribution in [0.3, 0.4) is 0 Å². The van der Waals surface area contributed by atoms with Gasteiger partial charge >= 0.3 is 5.97 Å². The molecule has 0 radical (unpaired) electrons. The fourth-order valence-corrected chi connectivity index (χ4v) is 1.12. The van der Waals surface area contributed by atoms with Gasteiger partial charge in [-0.15, -0.1) is 0 Å². The number of carbonyl (C=O) groups is 2. The van der Waals surface area contributed by atoms with Crippen LogP contribution >= 0.6 is 0 Å². The summed E-state index contributed by atoms with van der Waals surface area (Å²) >= 11 is 0. The second-order valence-electron chi connectivity index (χ2n) is 3.76. The first-order valence-corrected chi connectivity index (χ1v) is 5.23. The molecule has 0 heterocycles. The van der Waals surface area contributed by atoms with Crippen molar-refractivity contribution in [3.8, 4) is 0 Å². The quantitative estimate of drug-likeness (QED) is 0.215. The minimum absolute atomic E-state index is 0.916. The van der Waals surface area contributed by atoms with Crippen molar-refractivity contribution in [2.24, 2.45) is 0 Å². The molecule has 5 atom stereocenters. The smallest absolute Gasteiger partial charge is 0.328 e. The van der Waals surface area contributed by atoms with Crippen LogP contribution in [0.1, 0.15) is 0 Å². The van der Waals surface area contributed by atoms with Crippen LogP contribution in [0.2, 0.25) is 0 Å². The van der Waals surface area contributed by atoms with Gasteiger partial charge in [-0.05, 0) is 0 Å². The maximum atomic E-state index is 11.3. The number of hydrogen-bond acceptors (Lipinski definition) is 8. The molecule has 0 bridgehead atoms. The zero-order valence-electron chi connectivity index (χ0n) is 9.75. The molecule has 10 nitrogen and oxygen atoms in total. The summed E-state index contributed by atoms with van der Waals surface area (Å²) in [7, 11) is 0. The Hall–Kier alpha value is -1.30. The number of carboxylic acid groups (broad SMARTS) is 1. The number of hydrogen-bond donors (Lipinski definition) is 8. The van der Waals surface area contributed by atoms with E-state index in [0.717, 1.165) is 0 Å². The first-order chi connectivity index (χ1) is 8.76. The van der Waals surface area contributed by atoms with Crippen molar-refractivity contribution in [2.45, 2.75) is 30.5 Å². The Labute approximate surface area is 107 Å². The van der Waals surface area contributed by atoms with Gasteiger partial charge in [-0.1, -0.05) is 0 Å². The van der Waals surface area contributed by atoms with E-state index in [1.54, 1.807) is 5.32 Å². The molecule has 1 unspecified atom stereocenters. The summed E-state index contributed by atoms with van der Waals surface area (Å²) in [5, 5.41) is 64.3. The average Bonchev–Trinajstić information content (AvgIpc) is 2.40. The van der Waals surface area contributed by atoms with E-state index in [9.17, 15) is 24.9 Å². The first-order valence-electron chi connectivity index (χ1n) is 5.23. The van der Waals surface area contributed by atoms with Crippen molar-refractivity contribution in [1.29, 1.82) is 0 Å². The second kappa shape index (κ2) is 7.99. The van der Waals surface area contributed by atoms with Crippen molar-refractivity contribution in [3.05, 3.63) is 0 Å². The molecule has 0 aliphatic carbocycles. The molecule has 0 saturated heterocycles. The normalized spacial score (nSPS) is 19.1. The van der Waals surface area contributed by atoms with Crippen molar-refractivity contribution in [2.75, 3.05) is 13.2 Å². The van der Waals surface area contributed by atoms with Gasteiger partial charge in [-0.2, -0.15) is 0 Å². The largest absolute Gasteiger partial charge is 0.480 e. The molecule has 0 spiro atoms. The summed E-state index contributed by atoms with van der Waals surface area (Å²) in [5.41, 5.74) is 0. The van der Waals surface area contributed by atoms with E-state index in [4.69, 9.17) is 20.4 Å². The fourth-order valence-electron chi connectivity index (χ4n) is 1.12. The molecule has 0 aromatic carbocycles. The Morgan fingerprint density at radius 2 is 1.47 bits per heavy atom. The van der Waals surface area contributed by atoms with Crippen LogP contribution in [-0.2, 0) is 9.59 Å². The van der Waals surface area contributed by atoms with Crippen molar-refractivity contribution in [3.63, 3.8) is 0 Å². The molecule has 0 rings (SSSR count). The Kier molecular flexibility index (Phi) is 7.44. The highest BCUT2D eigenvalue weighted by molar-refractivity contribution is 5.86. The Balaban J connectivity index is 4.59. The lowest BCUT2D eigenvalue weighted by Crippen LogP contribution is -2.55. The molecule has 0 aromatic heterocycles. The fraction of sp³-hybridized carbons (Fsp3) is 0.778. The summed E-state index contributed by atoms with van der Waals surface area (Å²) in [6.45, 7) is -1.85. The number of aliphatic carboxylic acids is 1. The maximum Gasteiger partial charge on any atom is 0.328 e. The number of aliphatic hydroxyl groups excluding tert-OH is 6. The zero-order chi connectivity index (χ0) is 15.2. The number of carbonyl (C=O) groups excluding carboxylic acids is 1. The van der Waals surface area contributed by atoms with Gasteiger partial charge < -0.3 is 41.1 Å². The summed E-state index contributed by atoms with van der Waals surface area (Å²) in [4.78, 5) is 21.8. The third-order valence-electron chi connectivity index (χ3n) is 2.32. The molecule has 8 N–H and O–H groups in total. The highest BCUT2D eigenvalue weighted by Gasteiger charge is 2.35. The highest BCUT2D eigenvalue weighted by atomic mass is 16.4. The number of amides is 1. The molecule has 0 aliphatic rings. The molecule has 0 fully saturated rings. The topological polar surface area (TPSA) is 188 Å². The molecule has 0 aromatic rings. The lowest BCUT2D eigenvalue weighted by molar-refractivity contribution is -0.153. The highest BCUT2D eigenvalue weighted by Crippen LogP contribution is 2.05. The minimum atomic E-state index is -2.25. The number of aliphatic hydroxyl groups is 6. The Morgan fingerprint density at radius 1 is 0.947 bits per heavy atom. The van der Waals surface area contributed by atoms with Crippen molar-refractivity contribution < 1.29 is 45.3 Å². The van der Waals surface area contributed by atoms with Crippen LogP contribution in [0.4, 0.5) is 0 Å². The maximum absolute atomic E-state index is 11.3. The average molecular weight is 283 g/mol. The SMILES string of the molecule is O=C(O)C(CO)NC(=O)[C@@H](O)[C@H](O)[C@@H](O)[C@@H](O)CO. The third-order valence-corrected chi connectivity index (χ3v) is 2.32. The predicted molar refractivity (Wildman–Crippen MR) is 57.8 cm³/mol. The summed E-state index contributed by atoms with van der Waals surface area (Å²) in [6, 6.07) is -1.69. The van der Waals surface area contributed by atoms with Crippen LogP contribution in [0.25, 0.3) is 0 Å². The van der Waals surface area contributed by atoms with E-state index in [1.165, 1.54) is 0 Å². The lowest BCUT2D eigenvalue weighted by Gasteiger charge is -2.25. The van der Waals surface area contributed by atoms with Crippen molar-refractivity contribution >= 4 is 11.9 Å². The van der Waals surface area contributed by atoms with Crippen LogP contribution < -0.4 is 5.32 Å². The Morgan fingerprint density at radius 3 is 1.84 bits per heavy atom. The van der Waals surface area contributed by atoms with Gasteiger partial charge in [0.1, 0.15) is 24.4 Å². The van der Waals surface area contributed by atoms with Gasteiger partial charge in [0, 0.05) is 0 Å². The Bertz CT molecular complexity index is 310. The van der Waals surface area contributed by atoms with Crippen molar-refractivity contribution in [1.82, 2.24) is 5.32 Å². The molecular formula is C9H17NO9. The van der Waals surface area contributed by atoms with E-state index in [1.807, 2.05) is 0 Å². The van der Waals surface area contributed by atoms with E-state index >= 15 is 0 Å². The zero-order valence-corrected chi connectivity index (χ0v) is 9.75. The second-order valence-corrected chi connectivity index (χ2v) is 3.76. The minimum Gasteiger partial charge on any atom is -0.480 e.